The van der Waals surface area contributed by atoms with Crippen molar-refractivity contribution in [2.45, 2.75) is 83.6 Å². The molecular formula is C26H31FN2O4. The third-order valence-electron chi connectivity index (χ3n) is 8.87. The fourth-order valence-corrected chi connectivity index (χ4v) is 6.72. The number of nitrogens with one attached hydrogen (secondary N) is 1. The normalized spacial score (nSPS) is 32.6. The maximum absolute atomic E-state index is 15.2. The molecule has 0 aromatic heterocycles. The second kappa shape index (κ2) is 8.03. The summed E-state index contributed by atoms with van der Waals surface area (Å²) in [7, 11) is 0. The van der Waals surface area contributed by atoms with Crippen LogP contribution < -0.4 is 5.32 Å². The number of imide groups is 2. The van der Waals surface area contributed by atoms with Crippen LogP contribution in [0.15, 0.2) is 12.1 Å². The SMILES string of the molecule is CCC1CC2(CCC(C(C)c3cc4c(cc3F)C(=O)N(C3CCC(=O)NC3=O)C4=O)CC2)C1. The predicted octanol–water partition coefficient (Wildman–Crippen LogP) is 4.33. The Hall–Kier alpha value is -2.57. The summed E-state index contributed by atoms with van der Waals surface area (Å²) in [6, 6.07) is 1.65. The highest BCUT2D eigenvalue weighted by atomic mass is 19.1. The monoisotopic (exact) mass is 454 g/mol. The predicted molar refractivity (Wildman–Crippen MR) is 119 cm³/mol. The van der Waals surface area contributed by atoms with Gasteiger partial charge in [-0.15, -0.1) is 0 Å². The van der Waals surface area contributed by atoms with Crippen molar-refractivity contribution in [1.82, 2.24) is 10.2 Å². The number of benzene rings is 1. The largest absolute Gasteiger partial charge is 0.295 e. The number of fused-ring (bicyclic) bond motifs is 1. The van der Waals surface area contributed by atoms with Crippen LogP contribution in [-0.2, 0) is 9.59 Å². The van der Waals surface area contributed by atoms with Crippen molar-refractivity contribution < 1.29 is 23.6 Å². The second-order valence-electron chi connectivity index (χ2n) is 10.7. The molecule has 0 radical (unpaired) electrons. The molecule has 2 unspecified atom stereocenters. The molecule has 2 aliphatic carbocycles. The number of carbonyl (C=O) groups is 4. The van der Waals surface area contributed by atoms with Crippen molar-refractivity contribution in [3.63, 3.8) is 0 Å². The van der Waals surface area contributed by atoms with E-state index in [-0.39, 0.29) is 29.9 Å². The van der Waals surface area contributed by atoms with E-state index in [1.54, 1.807) is 0 Å². The average molecular weight is 455 g/mol. The van der Waals surface area contributed by atoms with E-state index in [4.69, 9.17) is 0 Å². The Kier molecular flexibility index (Phi) is 5.41. The van der Waals surface area contributed by atoms with Crippen LogP contribution in [0.25, 0.3) is 0 Å². The molecule has 1 aromatic carbocycles. The molecule has 4 aliphatic rings. The van der Waals surface area contributed by atoms with Gasteiger partial charge in [0.15, 0.2) is 0 Å². The first kappa shape index (κ1) is 22.2. The summed E-state index contributed by atoms with van der Waals surface area (Å²) in [6.45, 7) is 4.28. The fourth-order valence-electron chi connectivity index (χ4n) is 6.72. The lowest BCUT2D eigenvalue weighted by Crippen LogP contribution is -2.54. The van der Waals surface area contributed by atoms with Gasteiger partial charge < -0.3 is 0 Å². The molecule has 1 N–H and O–H groups in total. The van der Waals surface area contributed by atoms with E-state index in [0.717, 1.165) is 29.7 Å². The summed E-state index contributed by atoms with van der Waals surface area (Å²) in [5.41, 5.74) is 1.13. The maximum atomic E-state index is 15.2. The third kappa shape index (κ3) is 3.60. The Labute approximate surface area is 193 Å². The van der Waals surface area contributed by atoms with E-state index >= 15 is 4.39 Å². The summed E-state index contributed by atoms with van der Waals surface area (Å²) >= 11 is 0. The quantitative estimate of drug-likeness (QED) is 0.687. The fraction of sp³-hybridized carbons (Fsp3) is 0.615. The first-order valence-corrected chi connectivity index (χ1v) is 12.3. The highest BCUT2D eigenvalue weighted by Gasteiger charge is 2.47. The minimum atomic E-state index is -1.04. The van der Waals surface area contributed by atoms with Crippen molar-refractivity contribution in [3.05, 3.63) is 34.6 Å². The maximum Gasteiger partial charge on any atom is 0.262 e. The van der Waals surface area contributed by atoms with Gasteiger partial charge in [0.2, 0.25) is 11.8 Å². The highest BCUT2D eigenvalue weighted by Crippen LogP contribution is 2.58. The molecule has 5 rings (SSSR count). The average Bonchev–Trinajstić information content (AvgIpc) is 3.00. The third-order valence-corrected chi connectivity index (χ3v) is 8.87. The zero-order valence-electron chi connectivity index (χ0n) is 19.3. The Morgan fingerprint density at radius 1 is 1.06 bits per heavy atom. The van der Waals surface area contributed by atoms with Gasteiger partial charge in [-0.25, -0.2) is 4.39 Å². The van der Waals surface area contributed by atoms with E-state index in [1.807, 2.05) is 6.92 Å². The molecular weight excluding hydrogens is 423 g/mol. The molecule has 6 nitrogen and oxygen atoms in total. The molecule has 3 fully saturated rings. The highest BCUT2D eigenvalue weighted by molar-refractivity contribution is 6.23. The minimum Gasteiger partial charge on any atom is -0.295 e. The Bertz CT molecular complexity index is 1030. The van der Waals surface area contributed by atoms with Crippen molar-refractivity contribution >= 4 is 23.6 Å². The molecule has 0 bridgehead atoms. The summed E-state index contributed by atoms with van der Waals surface area (Å²) in [4.78, 5) is 50.6. The zero-order valence-corrected chi connectivity index (χ0v) is 19.3. The number of hydrogen-bond donors (Lipinski definition) is 1. The van der Waals surface area contributed by atoms with Crippen molar-refractivity contribution in [2.75, 3.05) is 0 Å². The van der Waals surface area contributed by atoms with Crippen LogP contribution in [0.4, 0.5) is 4.39 Å². The Morgan fingerprint density at radius 2 is 1.70 bits per heavy atom. The molecule has 1 aromatic rings. The molecule has 7 heteroatoms. The van der Waals surface area contributed by atoms with Gasteiger partial charge in [-0.3, -0.25) is 29.4 Å². The van der Waals surface area contributed by atoms with Gasteiger partial charge in [-0.05, 0) is 85.8 Å². The number of amides is 4. The Morgan fingerprint density at radius 3 is 2.30 bits per heavy atom. The number of carbonyl (C=O) groups excluding carboxylic acids is 4. The number of piperidine rings is 1. The molecule has 1 spiro atoms. The van der Waals surface area contributed by atoms with E-state index in [1.165, 1.54) is 38.2 Å². The molecule has 2 atom stereocenters. The standard InChI is InChI=1S/C26H31FN2O4/c1-3-15-12-26(13-15)8-6-16(7-9-26)14(2)17-10-18-19(11-20(17)27)25(33)29(24(18)32)21-4-5-22(30)28-23(21)31/h10-11,14-16,21H,3-9,12-13H2,1-2H3,(H,28,30,31). The van der Waals surface area contributed by atoms with Crippen LogP contribution >= 0.6 is 0 Å². The summed E-state index contributed by atoms with van der Waals surface area (Å²) in [5, 5.41) is 2.18. The summed E-state index contributed by atoms with van der Waals surface area (Å²) in [5.74, 6) is -1.64. The van der Waals surface area contributed by atoms with E-state index in [9.17, 15) is 19.2 Å². The van der Waals surface area contributed by atoms with Gasteiger partial charge >= 0.3 is 0 Å². The number of hydrogen-bond acceptors (Lipinski definition) is 4. The van der Waals surface area contributed by atoms with Crippen LogP contribution in [0.3, 0.4) is 0 Å². The van der Waals surface area contributed by atoms with Crippen LogP contribution in [0.5, 0.6) is 0 Å². The van der Waals surface area contributed by atoms with E-state index < -0.39 is 35.5 Å². The van der Waals surface area contributed by atoms with Gasteiger partial charge in [0.25, 0.3) is 11.8 Å². The molecule has 33 heavy (non-hydrogen) atoms. The van der Waals surface area contributed by atoms with Gasteiger partial charge in [0, 0.05) is 6.42 Å². The van der Waals surface area contributed by atoms with E-state index in [2.05, 4.69) is 12.2 Å². The molecule has 1 saturated heterocycles. The van der Waals surface area contributed by atoms with E-state index in [0.29, 0.717) is 16.9 Å². The first-order valence-electron chi connectivity index (χ1n) is 12.3. The van der Waals surface area contributed by atoms with Crippen LogP contribution in [-0.4, -0.2) is 34.6 Å². The minimum absolute atomic E-state index is 0.000762. The molecule has 4 amide bonds. The number of halogens is 1. The first-order chi connectivity index (χ1) is 15.7. The Balaban J connectivity index is 1.34. The smallest absolute Gasteiger partial charge is 0.262 e. The number of rotatable bonds is 4. The van der Waals surface area contributed by atoms with Crippen LogP contribution in [0, 0.1) is 23.1 Å². The van der Waals surface area contributed by atoms with Crippen LogP contribution in [0.1, 0.15) is 104 Å². The lowest BCUT2D eigenvalue weighted by Gasteiger charge is -2.52. The van der Waals surface area contributed by atoms with Gasteiger partial charge in [-0.1, -0.05) is 20.3 Å². The summed E-state index contributed by atoms with van der Waals surface area (Å²) in [6.07, 6.45) is 8.54. The molecule has 2 heterocycles. The second-order valence-corrected chi connectivity index (χ2v) is 10.7. The summed E-state index contributed by atoms with van der Waals surface area (Å²) < 4.78 is 15.2. The van der Waals surface area contributed by atoms with Crippen LogP contribution in [0.2, 0.25) is 0 Å². The zero-order chi connectivity index (χ0) is 23.5. The topological polar surface area (TPSA) is 83.6 Å². The van der Waals surface area contributed by atoms with Crippen molar-refractivity contribution in [1.29, 1.82) is 0 Å². The molecule has 2 aliphatic heterocycles. The number of nitrogens with zero attached hydrogens (tertiary/aromatic N) is 1. The van der Waals surface area contributed by atoms with Gasteiger partial charge in [-0.2, -0.15) is 0 Å². The molecule has 2 saturated carbocycles. The van der Waals surface area contributed by atoms with Crippen molar-refractivity contribution in [2.24, 2.45) is 17.3 Å². The van der Waals surface area contributed by atoms with Gasteiger partial charge in [0.05, 0.1) is 11.1 Å². The van der Waals surface area contributed by atoms with Crippen molar-refractivity contribution in [3.8, 4) is 0 Å². The lowest BCUT2D eigenvalue weighted by molar-refractivity contribution is -0.136. The van der Waals surface area contributed by atoms with Gasteiger partial charge in [0.1, 0.15) is 11.9 Å². The molecule has 176 valence electrons. The lowest BCUT2D eigenvalue weighted by atomic mass is 9.53.